The Hall–Kier alpha value is -4.14. The zero-order valence-electron chi connectivity index (χ0n) is 21.3. The van der Waals surface area contributed by atoms with E-state index in [0.717, 1.165) is 17.7 Å². The van der Waals surface area contributed by atoms with Crippen LogP contribution in [0.3, 0.4) is 0 Å². The van der Waals surface area contributed by atoms with Crippen LogP contribution in [0.4, 0.5) is 19.4 Å². The average Bonchev–Trinajstić information content (AvgIpc) is 3.27. The van der Waals surface area contributed by atoms with Crippen molar-refractivity contribution in [3.05, 3.63) is 71.8 Å². The van der Waals surface area contributed by atoms with Crippen molar-refractivity contribution in [2.24, 2.45) is 0 Å². The van der Waals surface area contributed by atoms with E-state index in [1.54, 1.807) is 51.1 Å². The molecule has 0 bridgehead atoms. The Morgan fingerprint density at radius 1 is 1.03 bits per heavy atom. The van der Waals surface area contributed by atoms with Gasteiger partial charge < -0.3 is 18.7 Å². The molecule has 7 nitrogen and oxygen atoms in total. The van der Waals surface area contributed by atoms with Gasteiger partial charge in [-0.2, -0.15) is 0 Å². The third-order valence-electron chi connectivity index (χ3n) is 5.51. The third-order valence-corrected chi connectivity index (χ3v) is 5.51. The molecule has 0 N–H and O–H groups in total. The number of amides is 1. The number of fused-ring (bicyclic) bond motifs is 1. The summed E-state index contributed by atoms with van der Waals surface area (Å²) in [6.07, 6.45) is -0.510. The van der Waals surface area contributed by atoms with Crippen molar-refractivity contribution in [3.63, 3.8) is 0 Å². The van der Waals surface area contributed by atoms with Crippen molar-refractivity contribution in [2.45, 2.75) is 39.9 Å². The maximum absolute atomic E-state index is 13.8. The third kappa shape index (κ3) is 5.82. The molecule has 4 aromatic rings. The molecule has 1 amide bonds. The van der Waals surface area contributed by atoms with Gasteiger partial charge in [0.15, 0.2) is 23.0 Å². The average molecular weight is 511 g/mol. The molecule has 9 heteroatoms. The highest BCUT2D eigenvalue weighted by atomic mass is 19.2. The molecule has 0 radical (unpaired) electrons. The molecule has 4 rings (SSSR count). The Balaban J connectivity index is 1.51. The van der Waals surface area contributed by atoms with Crippen molar-refractivity contribution in [1.82, 2.24) is 5.16 Å². The Bertz CT molecular complexity index is 1410. The van der Waals surface area contributed by atoms with Crippen LogP contribution < -0.4 is 14.4 Å². The van der Waals surface area contributed by atoms with Gasteiger partial charge in [-0.15, -0.1) is 0 Å². The summed E-state index contributed by atoms with van der Waals surface area (Å²) in [6.45, 7) is 7.83. The molecule has 0 aliphatic heterocycles. The maximum Gasteiger partial charge on any atom is 0.416 e. The fraction of sp³-hybridized carbons (Fsp3) is 0.286. The number of halogens is 2. The second-order valence-electron chi connectivity index (χ2n) is 9.34. The number of benzene rings is 3. The zero-order valence-corrected chi connectivity index (χ0v) is 21.3. The van der Waals surface area contributed by atoms with E-state index in [2.05, 4.69) is 5.16 Å². The summed E-state index contributed by atoms with van der Waals surface area (Å²) in [5.74, 6) is -0.731. The zero-order chi connectivity index (χ0) is 26.7. The first-order valence-electron chi connectivity index (χ1n) is 11.7. The standard InChI is InChI=1S/C28H28F2N2O5/c1-6-32(27(33)36-28(2,3)4)26-21-13-17(7-12-24(21)37-31-26)16-35-19-10-8-18(9-11-19)20-14-22(29)23(30)15-25(20)34-5/h7-15H,6,16H2,1-5H3. The number of methoxy groups -OCH3 is 1. The highest BCUT2D eigenvalue weighted by Crippen LogP contribution is 2.33. The summed E-state index contributed by atoms with van der Waals surface area (Å²) in [7, 11) is 1.40. The van der Waals surface area contributed by atoms with E-state index in [0.29, 0.717) is 40.2 Å². The molecule has 0 atom stereocenters. The summed E-state index contributed by atoms with van der Waals surface area (Å²) < 4.78 is 49.4. The van der Waals surface area contributed by atoms with E-state index in [4.69, 9.17) is 18.7 Å². The molecule has 0 unspecified atom stereocenters. The van der Waals surface area contributed by atoms with Gasteiger partial charge in [0.25, 0.3) is 0 Å². The van der Waals surface area contributed by atoms with Gasteiger partial charge in [-0.3, -0.25) is 4.90 Å². The SMILES string of the molecule is CCN(C(=O)OC(C)(C)C)c1noc2ccc(COc3ccc(-c4cc(F)c(F)cc4OC)cc3)cc12. The first kappa shape index (κ1) is 25.9. The molecular formula is C28H28F2N2O5. The summed E-state index contributed by atoms with van der Waals surface area (Å²) >= 11 is 0. The Kier molecular flexibility index (Phi) is 7.33. The molecule has 194 valence electrons. The molecule has 0 spiro atoms. The van der Waals surface area contributed by atoms with Crippen LogP contribution in [0.2, 0.25) is 0 Å². The Morgan fingerprint density at radius 3 is 2.38 bits per heavy atom. The van der Waals surface area contributed by atoms with Gasteiger partial charge in [0.1, 0.15) is 23.7 Å². The van der Waals surface area contributed by atoms with E-state index in [1.165, 1.54) is 12.0 Å². The lowest BCUT2D eigenvalue weighted by molar-refractivity contribution is 0.0580. The predicted octanol–water partition coefficient (Wildman–Crippen LogP) is 7.12. The number of aromatic nitrogens is 1. The van der Waals surface area contributed by atoms with Crippen molar-refractivity contribution < 1.29 is 32.3 Å². The molecule has 0 aliphatic rings. The number of ether oxygens (including phenoxy) is 3. The lowest BCUT2D eigenvalue weighted by Crippen LogP contribution is -2.37. The van der Waals surface area contributed by atoms with Crippen LogP contribution in [-0.2, 0) is 11.3 Å². The summed E-state index contributed by atoms with van der Waals surface area (Å²) in [4.78, 5) is 14.1. The van der Waals surface area contributed by atoms with Crippen LogP contribution in [0, 0.1) is 11.6 Å². The van der Waals surface area contributed by atoms with Crippen LogP contribution in [0.1, 0.15) is 33.3 Å². The van der Waals surface area contributed by atoms with E-state index in [-0.39, 0.29) is 12.4 Å². The molecule has 3 aromatic carbocycles. The van der Waals surface area contributed by atoms with E-state index in [1.807, 2.05) is 19.1 Å². The first-order valence-corrected chi connectivity index (χ1v) is 11.7. The van der Waals surface area contributed by atoms with Gasteiger partial charge in [-0.25, -0.2) is 13.6 Å². The van der Waals surface area contributed by atoms with Crippen LogP contribution in [0.15, 0.2) is 59.1 Å². The molecular weight excluding hydrogens is 482 g/mol. The molecule has 1 aromatic heterocycles. The minimum absolute atomic E-state index is 0.234. The number of hydrogen-bond acceptors (Lipinski definition) is 6. The monoisotopic (exact) mass is 510 g/mol. The topological polar surface area (TPSA) is 74.0 Å². The largest absolute Gasteiger partial charge is 0.496 e. The lowest BCUT2D eigenvalue weighted by atomic mass is 10.0. The molecule has 0 fully saturated rings. The lowest BCUT2D eigenvalue weighted by Gasteiger charge is -2.25. The number of hydrogen-bond donors (Lipinski definition) is 0. The van der Waals surface area contributed by atoms with Crippen LogP contribution in [0.5, 0.6) is 11.5 Å². The maximum atomic E-state index is 13.8. The van der Waals surface area contributed by atoms with Gasteiger partial charge in [-0.1, -0.05) is 23.4 Å². The van der Waals surface area contributed by atoms with E-state index < -0.39 is 23.3 Å². The molecule has 0 saturated heterocycles. The van der Waals surface area contributed by atoms with Crippen molar-refractivity contribution >= 4 is 22.9 Å². The Morgan fingerprint density at radius 2 is 1.73 bits per heavy atom. The fourth-order valence-electron chi connectivity index (χ4n) is 3.76. The van der Waals surface area contributed by atoms with Crippen LogP contribution in [-0.4, -0.2) is 30.5 Å². The van der Waals surface area contributed by atoms with Gasteiger partial charge >= 0.3 is 6.09 Å². The van der Waals surface area contributed by atoms with Crippen molar-refractivity contribution in [2.75, 3.05) is 18.6 Å². The molecule has 0 saturated carbocycles. The van der Waals surface area contributed by atoms with Crippen LogP contribution >= 0.6 is 0 Å². The smallest absolute Gasteiger partial charge is 0.416 e. The van der Waals surface area contributed by atoms with Crippen molar-refractivity contribution in [1.29, 1.82) is 0 Å². The second kappa shape index (κ2) is 10.5. The molecule has 37 heavy (non-hydrogen) atoms. The summed E-state index contributed by atoms with van der Waals surface area (Å²) in [6, 6.07) is 14.6. The van der Waals surface area contributed by atoms with Gasteiger partial charge in [0, 0.05) is 18.2 Å². The van der Waals surface area contributed by atoms with Gasteiger partial charge in [-0.05, 0) is 69.2 Å². The van der Waals surface area contributed by atoms with Gasteiger partial charge in [0.2, 0.25) is 0 Å². The first-order chi connectivity index (χ1) is 17.6. The summed E-state index contributed by atoms with van der Waals surface area (Å²) in [5.41, 5.74) is 1.81. The quantitative estimate of drug-likeness (QED) is 0.264. The number of nitrogens with zero attached hydrogens (tertiary/aromatic N) is 2. The summed E-state index contributed by atoms with van der Waals surface area (Å²) in [5, 5.41) is 4.75. The van der Waals surface area contributed by atoms with Gasteiger partial charge in [0.05, 0.1) is 12.5 Å². The normalized spacial score (nSPS) is 11.4. The minimum atomic E-state index is -0.971. The highest BCUT2D eigenvalue weighted by molar-refractivity contribution is 5.98. The number of rotatable bonds is 7. The minimum Gasteiger partial charge on any atom is -0.496 e. The highest BCUT2D eigenvalue weighted by Gasteiger charge is 2.26. The predicted molar refractivity (Wildman–Crippen MR) is 136 cm³/mol. The molecule has 1 heterocycles. The Labute approximate surface area is 213 Å². The second-order valence-corrected chi connectivity index (χ2v) is 9.34. The van der Waals surface area contributed by atoms with Crippen LogP contribution in [0.25, 0.3) is 22.1 Å². The van der Waals surface area contributed by atoms with E-state index >= 15 is 0 Å². The fourth-order valence-corrected chi connectivity index (χ4v) is 3.76. The number of carbonyl (C=O) groups excluding carboxylic acids is 1. The number of carbonyl (C=O) groups is 1. The van der Waals surface area contributed by atoms with Crippen molar-refractivity contribution in [3.8, 4) is 22.6 Å². The molecule has 0 aliphatic carbocycles. The van der Waals surface area contributed by atoms with E-state index in [9.17, 15) is 13.6 Å². The number of anilines is 1.